The number of hydrogen-bond donors (Lipinski definition) is 1. The third-order valence-corrected chi connectivity index (χ3v) is 1.29. The average Bonchev–Trinajstić information content (AvgIpc) is 1.30. The molecule has 0 spiro atoms. The minimum atomic E-state index is -1.27. The maximum Gasteiger partial charge on any atom is 0.133 e. The molecule has 0 atom stereocenters. The molecule has 1 nitrogen and oxygen atoms in total. The Hall–Kier alpha value is -0.423. The van der Waals surface area contributed by atoms with Gasteiger partial charge >= 0.3 is 0 Å². The van der Waals surface area contributed by atoms with E-state index in [0.717, 1.165) is 0 Å². The molecule has 0 aliphatic carbocycles. The second-order valence-corrected chi connectivity index (χ2v) is 7.24. The number of hydrogen-bond acceptors (Lipinski definition) is 1. The predicted molar refractivity (Wildman–Crippen MR) is 33.1 cm³/mol. The Labute approximate surface area is 45.4 Å². The summed E-state index contributed by atoms with van der Waals surface area (Å²) in [5.74, 6) is 0. The first-order valence-electron chi connectivity index (χ1n) is 2.22. The molecule has 0 aromatic heterocycles. The molecule has 0 rings (SSSR count). The van der Waals surface area contributed by atoms with Crippen LogP contribution in [0.4, 0.5) is 0 Å². The molecule has 0 heterocycles. The van der Waals surface area contributed by atoms with Gasteiger partial charge in [-0.1, -0.05) is 25.2 Å². The summed E-state index contributed by atoms with van der Waals surface area (Å²) in [5, 5.41) is 8.08. The van der Waals surface area contributed by atoms with E-state index in [1.54, 1.807) is 0 Å². The van der Waals surface area contributed by atoms with Crippen LogP contribution in [0.1, 0.15) is 0 Å². The van der Waals surface area contributed by atoms with Crippen molar-refractivity contribution in [1.29, 1.82) is 0 Å². The molecule has 0 aliphatic heterocycles. The first-order valence-corrected chi connectivity index (χ1v) is 5.72. The third kappa shape index (κ3) is 5.58. The summed E-state index contributed by atoms with van der Waals surface area (Å²) >= 11 is 0. The van der Waals surface area contributed by atoms with Crippen molar-refractivity contribution in [2.24, 2.45) is 0 Å². The van der Waals surface area contributed by atoms with Gasteiger partial charge in [0.2, 0.25) is 0 Å². The minimum Gasteiger partial charge on any atom is -0.462 e. The van der Waals surface area contributed by atoms with Gasteiger partial charge < -0.3 is 5.11 Å². The Morgan fingerprint density at radius 2 is 1.71 bits per heavy atom. The van der Waals surface area contributed by atoms with Gasteiger partial charge in [-0.05, 0) is 0 Å². The Balaban J connectivity index is 3.72. The fourth-order valence-electron chi connectivity index (χ4n) is 0.168. The molecular weight excluding hydrogens is 104 g/mol. The highest BCUT2D eigenvalue weighted by molar-refractivity contribution is 6.83. The number of rotatable bonds is 0. The van der Waals surface area contributed by atoms with Crippen LogP contribution in [0.3, 0.4) is 0 Å². The van der Waals surface area contributed by atoms with Crippen molar-refractivity contribution in [1.82, 2.24) is 0 Å². The summed E-state index contributed by atoms with van der Waals surface area (Å²) in [6.07, 6.45) is 1.92. The zero-order valence-corrected chi connectivity index (χ0v) is 5.95. The van der Waals surface area contributed by atoms with Crippen molar-refractivity contribution in [3.63, 3.8) is 0 Å². The van der Waals surface area contributed by atoms with Crippen molar-refractivity contribution in [3.8, 4) is 11.7 Å². The molecule has 40 valence electrons. The van der Waals surface area contributed by atoms with Crippen LogP contribution in [0.2, 0.25) is 19.6 Å². The second kappa shape index (κ2) is 2.03. The average molecular weight is 114 g/mol. The molecule has 1 N–H and O–H groups in total. The Bertz CT molecular complexity index is 101. The number of aliphatic hydroxyl groups excluding tert-OH is 1. The molecule has 0 bridgehead atoms. The van der Waals surface area contributed by atoms with Crippen molar-refractivity contribution < 1.29 is 5.11 Å². The fourth-order valence-corrected chi connectivity index (χ4v) is 0.503. The molecule has 7 heavy (non-hydrogen) atoms. The van der Waals surface area contributed by atoms with E-state index in [0.29, 0.717) is 0 Å². The standard InChI is InChI=1S/C5H10OSi/c1-7(2,3)5-4-6/h6H,1-3H3. The molecule has 0 radical (unpaired) electrons. The molecule has 0 fully saturated rings. The monoisotopic (exact) mass is 114 g/mol. The zero-order valence-electron chi connectivity index (χ0n) is 4.95. The molecule has 0 unspecified atom stereocenters. The zero-order chi connectivity index (χ0) is 5.91. The van der Waals surface area contributed by atoms with Gasteiger partial charge in [0.05, 0.1) is 6.11 Å². The summed E-state index contributed by atoms with van der Waals surface area (Å²) in [6.45, 7) is 6.24. The predicted octanol–water partition coefficient (Wildman–Crippen LogP) is 1.20. The second-order valence-electron chi connectivity index (χ2n) is 2.49. The highest BCUT2D eigenvalue weighted by Crippen LogP contribution is 1.94. The lowest BCUT2D eigenvalue weighted by atomic mass is 11.3. The van der Waals surface area contributed by atoms with Gasteiger partial charge in [-0.15, -0.1) is 0 Å². The van der Waals surface area contributed by atoms with E-state index >= 15 is 0 Å². The molecule has 0 aromatic carbocycles. The van der Waals surface area contributed by atoms with Gasteiger partial charge in [0.25, 0.3) is 0 Å². The Morgan fingerprint density at radius 1 is 1.29 bits per heavy atom. The van der Waals surface area contributed by atoms with E-state index in [-0.39, 0.29) is 0 Å². The summed E-state index contributed by atoms with van der Waals surface area (Å²) in [4.78, 5) is 0. The molecular formula is C5H10OSi. The van der Waals surface area contributed by atoms with Crippen molar-refractivity contribution >= 4 is 8.07 Å². The van der Waals surface area contributed by atoms with Gasteiger partial charge in [0, 0.05) is 0 Å². The Morgan fingerprint density at radius 3 is 1.71 bits per heavy atom. The largest absolute Gasteiger partial charge is 0.462 e. The lowest BCUT2D eigenvalue weighted by Crippen LogP contribution is -2.16. The SMILES string of the molecule is C[Si](C)(C)C#CO. The lowest BCUT2D eigenvalue weighted by Gasteiger charge is -2.00. The van der Waals surface area contributed by atoms with Crippen molar-refractivity contribution in [2.45, 2.75) is 19.6 Å². The van der Waals surface area contributed by atoms with Gasteiger partial charge in [0.15, 0.2) is 0 Å². The van der Waals surface area contributed by atoms with Crippen LogP contribution in [-0.2, 0) is 0 Å². The summed E-state index contributed by atoms with van der Waals surface area (Å²) < 4.78 is 0. The topological polar surface area (TPSA) is 20.2 Å². The lowest BCUT2D eigenvalue weighted by molar-refractivity contribution is 0.517. The highest BCUT2D eigenvalue weighted by Gasteiger charge is 2.07. The van der Waals surface area contributed by atoms with E-state index in [1.165, 1.54) is 0 Å². The first-order chi connectivity index (χ1) is 3.06. The molecule has 2 heteroatoms. The summed E-state index contributed by atoms with van der Waals surface area (Å²) in [6, 6.07) is 0. The fraction of sp³-hybridized carbons (Fsp3) is 0.600. The van der Waals surface area contributed by atoms with E-state index in [9.17, 15) is 0 Å². The smallest absolute Gasteiger partial charge is 0.133 e. The maximum absolute atomic E-state index is 8.08. The van der Waals surface area contributed by atoms with Crippen LogP contribution >= 0.6 is 0 Å². The van der Waals surface area contributed by atoms with E-state index < -0.39 is 8.07 Å². The van der Waals surface area contributed by atoms with Gasteiger partial charge in [0.1, 0.15) is 8.07 Å². The van der Waals surface area contributed by atoms with E-state index in [1.807, 2.05) is 6.11 Å². The van der Waals surface area contributed by atoms with Crippen molar-refractivity contribution in [2.75, 3.05) is 0 Å². The van der Waals surface area contributed by atoms with Gasteiger partial charge in [-0.25, -0.2) is 0 Å². The molecule has 0 aromatic rings. The molecule has 0 amide bonds. The first kappa shape index (κ1) is 6.58. The van der Waals surface area contributed by atoms with Crippen LogP contribution < -0.4 is 0 Å². The van der Waals surface area contributed by atoms with Crippen molar-refractivity contribution in [3.05, 3.63) is 0 Å². The summed E-state index contributed by atoms with van der Waals surface area (Å²) in [5.41, 5.74) is 2.73. The van der Waals surface area contributed by atoms with E-state index in [4.69, 9.17) is 5.11 Å². The Kier molecular flexibility index (Phi) is 1.91. The summed E-state index contributed by atoms with van der Waals surface area (Å²) in [7, 11) is -1.27. The quantitative estimate of drug-likeness (QED) is 0.370. The minimum absolute atomic E-state index is 1.27. The third-order valence-electron chi connectivity index (χ3n) is 0.431. The maximum atomic E-state index is 8.08. The van der Waals surface area contributed by atoms with Gasteiger partial charge in [-0.2, -0.15) is 0 Å². The number of aliphatic hydroxyl groups is 1. The normalized spacial score (nSPS) is 9.57. The van der Waals surface area contributed by atoms with Crippen LogP contribution in [0.15, 0.2) is 0 Å². The van der Waals surface area contributed by atoms with Crippen LogP contribution in [0.5, 0.6) is 0 Å². The highest BCUT2D eigenvalue weighted by atomic mass is 28.3. The van der Waals surface area contributed by atoms with Gasteiger partial charge in [-0.3, -0.25) is 0 Å². The van der Waals surface area contributed by atoms with Crippen LogP contribution in [0.25, 0.3) is 0 Å². The molecule has 0 saturated heterocycles. The van der Waals surface area contributed by atoms with E-state index in [2.05, 4.69) is 25.2 Å². The van der Waals surface area contributed by atoms with Crippen LogP contribution in [-0.4, -0.2) is 13.2 Å². The van der Waals surface area contributed by atoms with Crippen LogP contribution in [0, 0.1) is 11.7 Å². The molecule has 0 aliphatic rings. The molecule has 0 saturated carbocycles.